The van der Waals surface area contributed by atoms with Crippen LogP contribution in [0.25, 0.3) is 10.1 Å². The van der Waals surface area contributed by atoms with Crippen molar-refractivity contribution in [1.82, 2.24) is 4.31 Å². The zero-order chi connectivity index (χ0) is 22.0. The lowest BCUT2D eigenvalue weighted by Gasteiger charge is -2.26. The highest BCUT2D eigenvalue weighted by molar-refractivity contribution is 7.89. The number of esters is 1. The maximum atomic E-state index is 12.9. The first kappa shape index (κ1) is 22.0. The van der Waals surface area contributed by atoms with Crippen molar-refractivity contribution in [3.8, 4) is 0 Å². The molecule has 0 atom stereocenters. The van der Waals surface area contributed by atoms with Gasteiger partial charge in [-0.25, -0.2) is 13.2 Å². The molecule has 1 aliphatic heterocycles. The molecule has 0 radical (unpaired) electrons. The molecule has 0 amide bonds. The molecule has 0 spiro atoms. The van der Waals surface area contributed by atoms with Gasteiger partial charge in [0.05, 0.1) is 15.5 Å². The molecule has 0 N–H and O–H groups in total. The quantitative estimate of drug-likeness (QED) is 0.377. The van der Waals surface area contributed by atoms with Crippen LogP contribution in [-0.4, -0.2) is 44.2 Å². The van der Waals surface area contributed by atoms with Crippen molar-refractivity contribution in [2.45, 2.75) is 24.2 Å². The molecule has 1 aromatic heterocycles. The molecule has 9 heteroatoms. The molecule has 31 heavy (non-hydrogen) atoms. The van der Waals surface area contributed by atoms with E-state index < -0.39 is 22.6 Å². The lowest BCUT2D eigenvalue weighted by Crippen LogP contribution is -2.35. The summed E-state index contributed by atoms with van der Waals surface area (Å²) in [5, 5.41) is 2.61. The summed E-state index contributed by atoms with van der Waals surface area (Å²) in [6.45, 7) is 0.445. The van der Waals surface area contributed by atoms with E-state index in [9.17, 15) is 18.0 Å². The molecule has 0 bridgehead atoms. The fourth-order valence-electron chi connectivity index (χ4n) is 3.56. The Morgan fingerprint density at radius 1 is 1.03 bits per heavy atom. The van der Waals surface area contributed by atoms with Gasteiger partial charge in [-0.05, 0) is 37.1 Å². The first-order chi connectivity index (χ1) is 14.9. The molecule has 0 aliphatic carbocycles. The second-order valence-electron chi connectivity index (χ2n) is 7.25. The molecule has 2 heterocycles. The van der Waals surface area contributed by atoms with Crippen molar-refractivity contribution in [1.29, 1.82) is 0 Å². The van der Waals surface area contributed by atoms with Crippen LogP contribution in [0.5, 0.6) is 0 Å². The largest absolute Gasteiger partial charge is 0.454 e. The van der Waals surface area contributed by atoms with Gasteiger partial charge in [0, 0.05) is 34.1 Å². The van der Waals surface area contributed by atoms with E-state index in [2.05, 4.69) is 0 Å². The highest BCUT2D eigenvalue weighted by Gasteiger charge is 2.27. The van der Waals surface area contributed by atoms with E-state index in [1.165, 1.54) is 33.8 Å². The number of hydrogen-bond donors (Lipinski definition) is 0. The van der Waals surface area contributed by atoms with Gasteiger partial charge in [0.15, 0.2) is 6.61 Å². The highest BCUT2D eigenvalue weighted by Crippen LogP contribution is 2.27. The van der Waals surface area contributed by atoms with Gasteiger partial charge in [-0.15, -0.1) is 11.3 Å². The number of nitrogens with zero attached hydrogens (tertiary/aromatic N) is 1. The number of carbonyl (C=O) groups is 2. The van der Waals surface area contributed by atoms with Crippen LogP contribution in [0.1, 0.15) is 40.0 Å². The number of rotatable bonds is 6. The molecule has 0 unspecified atom stereocenters. The van der Waals surface area contributed by atoms with Crippen molar-refractivity contribution in [2.24, 2.45) is 0 Å². The standard InChI is InChI=1S/C22H20ClNO5S2/c23-19-9-8-15(31(27,28)24-10-4-1-5-11-24)12-17(19)22(26)29-13-20(25)18-14-30-21-7-3-2-6-16(18)21/h2-3,6-9,12,14H,1,4-5,10-11,13H2. The number of halogens is 1. The zero-order valence-electron chi connectivity index (χ0n) is 16.5. The van der Waals surface area contributed by atoms with Crippen molar-refractivity contribution in [2.75, 3.05) is 19.7 Å². The first-order valence-corrected chi connectivity index (χ1v) is 12.5. The van der Waals surface area contributed by atoms with Crippen LogP contribution < -0.4 is 0 Å². The zero-order valence-corrected chi connectivity index (χ0v) is 18.9. The Hall–Kier alpha value is -2.26. The molecule has 1 fully saturated rings. The Labute approximate surface area is 189 Å². The minimum atomic E-state index is -3.72. The number of Topliss-reactive ketones (excluding diaryl/α,β-unsaturated/α-hetero) is 1. The predicted molar refractivity (Wildman–Crippen MR) is 120 cm³/mol. The van der Waals surface area contributed by atoms with E-state index in [0.29, 0.717) is 18.7 Å². The number of fused-ring (bicyclic) bond motifs is 1. The molecule has 4 rings (SSSR count). The van der Waals surface area contributed by atoms with Crippen LogP contribution in [-0.2, 0) is 14.8 Å². The van der Waals surface area contributed by atoms with Gasteiger partial charge in [0.25, 0.3) is 0 Å². The summed E-state index contributed by atoms with van der Waals surface area (Å²) in [5.41, 5.74) is 0.406. The van der Waals surface area contributed by atoms with Crippen LogP contribution >= 0.6 is 22.9 Å². The monoisotopic (exact) mass is 477 g/mol. The average Bonchev–Trinajstić information content (AvgIpc) is 3.22. The topological polar surface area (TPSA) is 80.8 Å². The molecule has 0 saturated carbocycles. The summed E-state index contributed by atoms with van der Waals surface area (Å²) in [6.07, 6.45) is 2.61. The Bertz CT molecular complexity index is 1250. The van der Waals surface area contributed by atoms with E-state index in [1.807, 2.05) is 24.3 Å². The fraction of sp³-hybridized carbons (Fsp3) is 0.273. The van der Waals surface area contributed by atoms with Crippen LogP contribution in [0.4, 0.5) is 0 Å². The SMILES string of the molecule is O=C(OCC(=O)c1csc2ccccc12)c1cc(S(=O)(=O)N2CCCCC2)ccc1Cl. The summed E-state index contributed by atoms with van der Waals surface area (Å²) < 4.78 is 33.4. The molecule has 162 valence electrons. The third kappa shape index (κ3) is 4.52. The summed E-state index contributed by atoms with van der Waals surface area (Å²) in [6, 6.07) is 11.4. The van der Waals surface area contributed by atoms with Gasteiger partial charge >= 0.3 is 5.97 Å². The van der Waals surface area contributed by atoms with E-state index in [-0.39, 0.29) is 21.3 Å². The maximum absolute atomic E-state index is 12.9. The Morgan fingerprint density at radius 3 is 2.55 bits per heavy atom. The molecule has 1 saturated heterocycles. The van der Waals surface area contributed by atoms with Crippen molar-refractivity contribution < 1.29 is 22.7 Å². The number of sulfonamides is 1. The minimum Gasteiger partial charge on any atom is -0.454 e. The van der Waals surface area contributed by atoms with Gasteiger partial charge < -0.3 is 4.74 Å². The maximum Gasteiger partial charge on any atom is 0.340 e. The van der Waals surface area contributed by atoms with Crippen molar-refractivity contribution >= 4 is 54.8 Å². The van der Waals surface area contributed by atoms with E-state index in [4.69, 9.17) is 16.3 Å². The smallest absolute Gasteiger partial charge is 0.340 e. The Kier molecular flexibility index (Phi) is 6.43. The molecular weight excluding hydrogens is 458 g/mol. The summed E-state index contributed by atoms with van der Waals surface area (Å²) in [5.74, 6) is -1.17. The first-order valence-electron chi connectivity index (χ1n) is 9.84. The number of ether oxygens (including phenoxy) is 1. The lowest BCUT2D eigenvalue weighted by molar-refractivity contribution is 0.0475. The van der Waals surface area contributed by atoms with Gasteiger partial charge in [0.1, 0.15) is 0 Å². The van der Waals surface area contributed by atoms with E-state index >= 15 is 0 Å². The second kappa shape index (κ2) is 9.08. The van der Waals surface area contributed by atoms with Crippen LogP contribution in [0, 0.1) is 0 Å². The van der Waals surface area contributed by atoms with Crippen LogP contribution in [0.2, 0.25) is 5.02 Å². The number of carbonyl (C=O) groups excluding carboxylic acids is 2. The summed E-state index contributed by atoms with van der Waals surface area (Å²) in [4.78, 5) is 25.1. The van der Waals surface area contributed by atoms with Gasteiger partial charge in [-0.2, -0.15) is 4.31 Å². The average molecular weight is 478 g/mol. The summed E-state index contributed by atoms with van der Waals surface area (Å²) in [7, 11) is -3.72. The molecule has 2 aromatic carbocycles. The van der Waals surface area contributed by atoms with Gasteiger partial charge in [-0.1, -0.05) is 36.2 Å². The Balaban J connectivity index is 1.50. The van der Waals surface area contributed by atoms with Gasteiger partial charge in [-0.3, -0.25) is 4.79 Å². The predicted octanol–water partition coefficient (Wildman–Crippen LogP) is 4.77. The van der Waals surface area contributed by atoms with Crippen LogP contribution in [0.15, 0.2) is 52.7 Å². The molecule has 1 aliphatic rings. The number of benzene rings is 2. The normalized spacial score (nSPS) is 15.1. The van der Waals surface area contributed by atoms with Crippen molar-refractivity contribution in [3.63, 3.8) is 0 Å². The Morgan fingerprint density at radius 2 is 1.77 bits per heavy atom. The third-order valence-corrected chi connectivity index (χ3v) is 8.41. The number of thiophene rings is 1. The van der Waals surface area contributed by atoms with E-state index in [1.54, 1.807) is 5.38 Å². The third-order valence-electron chi connectivity index (χ3n) is 5.23. The lowest BCUT2D eigenvalue weighted by atomic mass is 10.1. The summed E-state index contributed by atoms with van der Waals surface area (Å²) >= 11 is 7.57. The molecule has 3 aromatic rings. The number of piperidine rings is 1. The molecular formula is C22H20ClNO5S2. The van der Waals surface area contributed by atoms with Gasteiger partial charge in [0.2, 0.25) is 15.8 Å². The second-order valence-corrected chi connectivity index (χ2v) is 10.5. The minimum absolute atomic E-state index is 0.0131. The van der Waals surface area contributed by atoms with Crippen molar-refractivity contribution in [3.05, 3.63) is 64.0 Å². The highest BCUT2D eigenvalue weighted by atomic mass is 35.5. The fourth-order valence-corrected chi connectivity index (χ4v) is 6.26. The van der Waals surface area contributed by atoms with Crippen LogP contribution in [0.3, 0.4) is 0 Å². The van der Waals surface area contributed by atoms with E-state index in [0.717, 1.165) is 29.3 Å². The number of ketones is 1. The molecule has 6 nitrogen and oxygen atoms in total. The number of hydrogen-bond acceptors (Lipinski definition) is 6.